The van der Waals surface area contributed by atoms with Crippen molar-refractivity contribution < 1.29 is 19.2 Å². The number of benzene rings is 2. The van der Waals surface area contributed by atoms with Crippen molar-refractivity contribution in [3.63, 3.8) is 0 Å². The zero-order valence-corrected chi connectivity index (χ0v) is 14.1. The number of thiocarbonyl (C=S) groups is 1. The highest BCUT2D eigenvalue weighted by Crippen LogP contribution is 2.31. The summed E-state index contributed by atoms with van der Waals surface area (Å²) in [6, 6.07) is 9.82. The van der Waals surface area contributed by atoms with Crippen molar-refractivity contribution in [1.82, 2.24) is 0 Å². The number of non-ortho nitro benzene ring substituents is 1. The molecule has 1 aliphatic rings. The lowest BCUT2D eigenvalue weighted by molar-refractivity contribution is -0.384. The summed E-state index contributed by atoms with van der Waals surface area (Å²) in [7, 11) is 0. The van der Waals surface area contributed by atoms with Crippen molar-refractivity contribution in [2.24, 2.45) is 4.99 Å². The van der Waals surface area contributed by atoms with Crippen LogP contribution >= 0.6 is 12.2 Å². The highest BCUT2D eigenvalue weighted by molar-refractivity contribution is 7.80. The van der Waals surface area contributed by atoms with E-state index in [4.69, 9.17) is 17.3 Å². The third-order valence-corrected chi connectivity index (χ3v) is 4.18. The summed E-state index contributed by atoms with van der Waals surface area (Å²) in [5.41, 5.74) is 0.732. The van der Waals surface area contributed by atoms with Crippen molar-refractivity contribution in [2.75, 3.05) is 18.0 Å². The molecule has 2 aromatic carbocycles. The van der Waals surface area contributed by atoms with Crippen LogP contribution in [-0.4, -0.2) is 39.8 Å². The van der Waals surface area contributed by atoms with Gasteiger partial charge in [-0.05, 0) is 18.2 Å². The zero-order valence-electron chi connectivity index (χ0n) is 13.3. The summed E-state index contributed by atoms with van der Waals surface area (Å²) in [4.78, 5) is 27.7. The van der Waals surface area contributed by atoms with Gasteiger partial charge >= 0.3 is 5.97 Å². The number of anilines is 1. The van der Waals surface area contributed by atoms with E-state index in [0.29, 0.717) is 5.69 Å². The van der Waals surface area contributed by atoms with Crippen LogP contribution in [0.1, 0.15) is 11.1 Å². The lowest BCUT2D eigenvalue weighted by atomic mass is 9.99. The maximum atomic E-state index is 14.3. The number of nitrogens with zero attached hydrogens (tertiary/aromatic N) is 3. The maximum Gasteiger partial charge on any atom is 0.323 e. The summed E-state index contributed by atoms with van der Waals surface area (Å²) in [6.45, 7) is -0.460. The Bertz CT molecular complexity index is 961. The van der Waals surface area contributed by atoms with Crippen molar-refractivity contribution >= 4 is 40.3 Å². The summed E-state index contributed by atoms with van der Waals surface area (Å²) in [6.07, 6.45) is 0. The number of nitro benzene ring substituents is 1. The van der Waals surface area contributed by atoms with Crippen LogP contribution in [0.5, 0.6) is 0 Å². The number of hydrogen-bond donors (Lipinski definition) is 1. The number of carboxylic acids is 1. The first-order valence-corrected chi connectivity index (χ1v) is 7.89. The average Bonchev–Trinajstić information content (AvgIpc) is 2.72. The van der Waals surface area contributed by atoms with E-state index >= 15 is 0 Å². The number of hydrogen-bond acceptors (Lipinski definition) is 5. The van der Waals surface area contributed by atoms with E-state index in [-0.39, 0.29) is 34.1 Å². The van der Waals surface area contributed by atoms with Gasteiger partial charge < -0.3 is 10.0 Å². The van der Waals surface area contributed by atoms with Gasteiger partial charge in [-0.25, -0.2) is 4.39 Å². The Balaban J connectivity index is 2.25. The second-order valence-electron chi connectivity index (χ2n) is 5.48. The molecule has 3 rings (SSSR count). The van der Waals surface area contributed by atoms with Crippen LogP contribution in [0.3, 0.4) is 0 Å². The quantitative estimate of drug-likeness (QED) is 0.503. The van der Waals surface area contributed by atoms with Gasteiger partial charge in [-0.1, -0.05) is 24.4 Å². The Kier molecular flexibility index (Phi) is 4.72. The molecule has 7 nitrogen and oxygen atoms in total. The summed E-state index contributed by atoms with van der Waals surface area (Å²) in [5.74, 6) is -1.66. The fraction of sp³-hybridized carbons (Fsp3) is 0.118. The van der Waals surface area contributed by atoms with E-state index in [2.05, 4.69) is 4.99 Å². The van der Waals surface area contributed by atoms with Crippen LogP contribution in [0.4, 0.5) is 15.8 Å². The topological polar surface area (TPSA) is 96.0 Å². The second kappa shape index (κ2) is 6.96. The van der Waals surface area contributed by atoms with Gasteiger partial charge in [0.15, 0.2) is 0 Å². The molecule has 1 N–H and O–H groups in total. The van der Waals surface area contributed by atoms with E-state index in [1.54, 1.807) is 6.07 Å². The predicted molar refractivity (Wildman–Crippen MR) is 97.6 cm³/mol. The summed E-state index contributed by atoms with van der Waals surface area (Å²) < 4.78 is 14.3. The molecule has 0 unspecified atom stereocenters. The number of carbonyl (C=O) groups is 1. The molecule has 9 heteroatoms. The van der Waals surface area contributed by atoms with Gasteiger partial charge in [0.25, 0.3) is 5.69 Å². The molecule has 0 aliphatic carbocycles. The molecule has 0 spiro atoms. The summed E-state index contributed by atoms with van der Waals surface area (Å²) in [5, 5.41) is 20.3. The molecule has 2 aromatic rings. The zero-order chi connectivity index (χ0) is 18.8. The number of rotatable bonds is 4. The number of carboxylic acid groups (broad SMARTS) is 1. The molecule has 1 heterocycles. The highest BCUT2D eigenvalue weighted by atomic mass is 32.1. The first-order chi connectivity index (χ1) is 12.4. The standard InChI is InChI=1S/C17H12FN3O4S/c18-13-4-2-1-3-11(13)17-12-7-10(21(24)25)5-6-14(12)20(9-16(22)23)15(26)8-19-17/h1-7H,8-9H2,(H,22,23). The lowest BCUT2D eigenvalue weighted by Crippen LogP contribution is -2.35. The predicted octanol–water partition coefficient (Wildman–Crippen LogP) is 2.80. The van der Waals surface area contributed by atoms with Gasteiger partial charge in [-0.15, -0.1) is 0 Å². The van der Waals surface area contributed by atoms with Gasteiger partial charge in [0.2, 0.25) is 0 Å². The first-order valence-electron chi connectivity index (χ1n) is 7.49. The van der Waals surface area contributed by atoms with Crippen LogP contribution in [0, 0.1) is 15.9 Å². The van der Waals surface area contributed by atoms with Crippen LogP contribution in [0.15, 0.2) is 47.5 Å². The fourth-order valence-electron chi connectivity index (χ4n) is 2.71. The Morgan fingerprint density at radius 2 is 2.04 bits per heavy atom. The lowest BCUT2D eigenvalue weighted by Gasteiger charge is -2.23. The molecule has 0 saturated heterocycles. The molecule has 0 fully saturated rings. The molecule has 132 valence electrons. The van der Waals surface area contributed by atoms with E-state index in [0.717, 1.165) is 0 Å². The van der Waals surface area contributed by atoms with E-state index in [9.17, 15) is 19.3 Å². The Hall–Kier alpha value is -3.20. The second-order valence-corrected chi connectivity index (χ2v) is 5.95. The van der Waals surface area contributed by atoms with Gasteiger partial charge in [0, 0.05) is 23.3 Å². The molecule has 0 atom stereocenters. The molecule has 0 radical (unpaired) electrons. The van der Waals surface area contributed by atoms with Gasteiger partial charge in [0.1, 0.15) is 17.4 Å². The van der Waals surface area contributed by atoms with E-state index in [1.165, 1.54) is 41.3 Å². The Labute approximate surface area is 152 Å². The van der Waals surface area contributed by atoms with Crippen LogP contribution < -0.4 is 4.90 Å². The average molecular weight is 373 g/mol. The molecule has 0 saturated carbocycles. The number of halogens is 1. The highest BCUT2D eigenvalue weighted by Gasteiger charge is 2.27. The third-order valence-electron chi connectivity index (χ3n) is 3.83. The molecular weight excluding hydrogens is 361 g/mol. The number of aliphatic imine (C=N–C) groups is 1. The van der Waals surface area contributed by atoms with Crippen LogP contribution in [-0.2, 0) is 4.79 Å². The van der Waals surface area contributed by atoms with E-state index < -0.39 is 23.3 Å². The molecule has 0 bridgehead atoms. The summed E-state index contributed by atoms with van der Waals surface area (Å²) >= 11 is 5.26. The molecule has 0 aromatic heterocycles. The minimum Gasteiger partial charge on any atom is -0.480 e. The number of benzodiazepines with no additional fused rings is 1. The minimum atomic E-state index is -1.12. The Morgan fingerprint density at radius 1 is 1.31 bits per heavy atom. The van der Waals surface area contributed by atoms with Gasteiger partial charge in [-0.3, -0.25) is 19.9 Å². The Morgan fingerprint density at radius 3 is 2.69 bits per heavy atom. The molecule has 26 heavy (non-hydrogen) atoms. The van der Waals surface area contributed by atoms with Crippen molar-refractivity contribution in [3.8, 4) is 0 Å². The van der Waals surface area contributed by atoms with Crippen molar-refractivity contribution in [2.45, 2.75) is 0 Å². The van der Waals surface area contributed by atoms with Crippen molar-refractivity contribution in [3.05, 3.63) is 69.5 Å². The van der Waals surface area contributed by atoms with Gasteiger partial charge in [-0.2, -0.15) is 0 Å². The smallest absolute Gasteiger partial charge is 0.323 e. The van der Waals surface area contributed by atoms with E-state index in [1.807, 2.05) is 0 Å². The third kappa shape index (κ3) is 3.29. The maximum absolute atomic E-state index is 14.3. The first kappa shape index (κ1) is 17.6. The molecule has 0 amide bonds. The number of aliphatic carboxylic acids is 1. The largest absolute Gasteiger partial charge is 0.480 e. The number of nitro groups is 1. The normalized spacial score (nSPS) is 13.7. The van der Waals surface area contributed by atoms with Gasteiger partial charge in [0.05, 0.1) is 22.9 Å². The minimum absolute atomic E-state index is 0.0330. The molecule has 1 aliphatic heterocycles. The number of fused-ring (bicyclic) bond motifs is 1. The van der Waals surface area contributed by atoms with Crippen LogP contribution in [0.2, 0.25) is 0 Å². The monoisotopic (exact) mass is 373 g/mol. The molecular formula is C17H12FN3O4S. The SMILES string of the molecule is O=C(O)CN1C(=S)CN=C(c2ccccc2F)c2cc([N+](=O)[O-])ccc21. The van der Waals surface area contributed by atoms with Crippen LogP contribution in [0.25, 0.3) is 0 Å². The van der Waals surface area contributed by atoms with Crippen molar-refractivity contribution in [1.29, 1.82) is 0 Å². The fourth-order valence-corrected chi connectivity index (χ4v) is 2.93.